The third kappa shape index (κ3) is 4.23. The predicted octanol–water partition coefficient (Wildman–Crippen LogP) is 3.29. The Hall–Kier alpha value is -3.50. The summed E-state index contributed by atoms with van der Waals surface area (Å²) in [4.78, 5) is 7.64. The van der Waals surface area contributed by atoms with Crippen LogP contribution in [-0.4, -0.2) is 71.9 Å². The Morgan fingerprint density at radius 3 is 2.30 bits per heavy atom. The van der Waals surface area contributed by atoms with Crippen LogP contribution in [0.5, 0.6) is 11.6 Å². The van der Waals surface area contributed by atoms with E-state index in [0.717, 1.165) is 30.0 Å². The Balaban J connectivity index is 1.08. The lowest BCUT2D eigenvalue weighted by atomic mass is 10.0. The Morgan fingerprint density at radius 1 is 0.865 bits per heavy atom. The average Bonchev–Trinajstić information content (AvgIpc) is 3.58. The van der Waals surface area contributed by atoms with Crippen LogP contribution in [0.4, 0.5) is 4.39 Å². The first-order valence-electron chi connectivity index (χ1n) is 12.5. The Bertz CT molecular complexity index is 1420. The van der Waals surface area contributed by atoms with Gasteiger partial charge < -0.3 is 34.4 Å². The number of rotatable bonds is 6. The lowest BCUT2D eigenvalue weighted by molar-refractivity contribution is 0.00794. The fourth-order valence-corrected chi connectivity index (χ4v) is 5.06. The summed E-state index contributed by atoms with van der Waals surface area (Å²) in [6.07, 6.45) is -1.47. The summed E-state index contributed by atoms with van der Waals surface area (Å²) in [6, 6.07) is 18.8. The Labute approximate surface area is 212 Å². The molecule has 190 valence electrons. The van der Waals surface area contributed by atoms with E-state index >= 15 is 4.39 Å². The molecule has 7 rings (SSSR count). The first-order valence-corrected chi connectivity index (χ1v) is 12.5. The van der Waals surface area contributed by atoms with E-state index in [-0.39, 0.29) is 36.7 Å². The van der Waals surface area contributed by atoms with Gasteiger partial charge in [0.05, 0.1) is 24.2 Å². The third-order valence-electron chi connectivity index (χ3n) is 7.18. The molecular weight excluding hydrogens is 477 g/mol. The van der Waals surface area contributed by atoms with Crippen LogP contribution in [0.25, 0.3) is 33.4 Å². The number of H-pyrrole nitrogens is 1. The van der Waals surface area contributed by atoms with Gasteiger partial charge in [0.15, 0.2) is 17.8 Å². The monoisotopic (exact) mass is 503 g/mol. The maximum Gasteiger partial charge on any atom is 0.193 e. The average molecular weight is 504 g/mol. The van der Waals surface area contributed by atoms with E-state index in [1.807, 2.05) is 48.5 Å². The van der Waals surface area contributed by atoms with Crippen molar-refractivity contribution in [1.82, 2.24) is 15.3 Å². The van der Waals surface area contributed by atoms with Crippen LogP contribution in [0.15, 0.2) is 60.7 Å². The number of nitrogens with zero attached hydrogens (tertiary/aromatic N) is 1. The summed E-state index contributed by atoms with van der Waals surface area (Å²) in [5.74, 6) is 0.886. The van der Waals surface area contributed by atoms with Crippen molar-refractivity contribution in [2.75, 3.05) is 26.3 Å². The molecule has 0 saturated carbocycles. The second-order valence-corrected chi connectivity index (χ2v) is 9.70. The van der Waals surface area contributed by atoms with Gasteiger partial charge in [0.1, 0.15) is 35.9 Å². The second kappa shape index (κ2) is 9.11. The van der Waals surface area contributed by atoms with Gasteiger partial charge in [0, 0.05) is 30.8 Å². The molecule has 4 atom stereocenters. The summed E-state index contributed by atoms with van der Waals surface area (Å²) < 4.78 is 38.2. The van der Waals surface area contributed by atoms with Gasteiger partial charge >= 0.3 is 0 Å². The number of aromatic amines is 1. The minimum atomic E-state index is -0.644. The van der Waals surface area contributed by atoms with Crippen LogP contribution in [-0.2, 0) is 9.47 Å². The van der Waals surface area contributed by atoms with E-state index in [2.05, 4.69) is 15.3 Å². The molecular formula is C28H26FN3O5. The molecule has 9 heteroatoms. The number of aliphatic hydroxyl groups excluding tert-OH is 1. The molecule has 3 aliphatic rings. The van der Waals surface area contributed by atoms with Crippen LogP contribution in [0.1, 0.15) is 0 Å². The maximum atomic E-state index is 15.0. The van der Waals surface area contributed by atoms with Crippen molar-refractivity contribution in [3.05, 3.63) is 66.5 Å². The molecule has 3 saturated heterocycles. The van der Waals surface area contributed by atoms with Crippen LogP contribution in [0.2, 0.25) is 0 Å². The van der Waals surface area contributed by atoms with Gasteiger partial charge in [-0.2, -0.15) is 0 Å². The maximum absolute atomic E-state index is 15.0. The van der Waals surface area contributed by atoms with Crippen molar-refractivity contribution in [1.29, 1.82) is 0 Å². The van der Waals surface area contributed by atoms with Gasteiger partial charge in [0.25, 0.3) is 0 Å². The van der Waals surface area contributed by atoms with Crippen molar-refractivity contribution >= 4 is 11.0 Å². The van der Waals surface area contributed by atoms with Gasteiger partial charge in [-0.05, 0) is 23.3 Å². The molecule has 0 amide bonds. The standard InChI is InChI=1S/C28H26FN3O5/c29-20-9-21-22(10-25(31-21)37-24-14-35-27-23(33)13-34-28(24)27)32-26(20)17-3-1-15(2-4-17)16-5-7-18(8-6-16)36-19-11-30-12-19/h1-10,19,23-24,27-28,30-31,33H,11-14H2/t23?,24?,27-,28-/m1/s1. The lowest BCUT2D eigenvalue weighted by Gasteiger charge is -2.27. The Kier molecular flexibility index (Phi) is 5.58. The minimum Gasteiger partial charge on any atom is -0.488 e. The molecule has 2 aromatic carbocycles. The van der Waals surface area contributed by atoms with Gasteiger partial charge in [-0.15, -0.1) is 0 Å². The van der Waals surface area contributed by atoms with Gasteiger partial charge in [-0.3, -0.25) is 0 Å². The summed E-state index contributed by atoms with van der Waals surface area (Å²) in [7, 11) is 0. The van der Waals surface area contributed by atoms with Crippen molar-refractivity contribution in [2.45, 2.75) is 30.5 Å². The summed E-state index contributed by atoms with van der Waals surface area (Å²) in [5.41, 5.74) is 4.17. The number of fused-ring (bicyclic) bond motifs is 2. The number of hydrogen-bond acceptors (Lipinski definition) is 7. The molecule has 5 heterocycles. The number of pyridine rings is 1. The highest BCUT2D eigenvalue weighted by Gasteiger charge is 2.48. The van der Waals surface area contributed by atoms with Crippen LogP contribution < -0.4 is 14.8 Å². The van der Waals surface area contributed by atoms with E-state index in [4.69, 9.17) is 18.9 Å². The van der Waals surface area contributed by atoms with Gasteiger partial charge in [-0.25, -0.2) is 9.37 Å². The highest BCUT2D eigenvalue weighted by Crippen LogP contribution is 2.32. The third-order valence-corrected chi connectivity index (χ3v) is 7.18. The first kappa shape index (κ1) is 22.7. The van der Waals surface area contributed by atoms with Crippen LogP contribution in [0, 0.1) is 5.82 Å². The quantitative estimate of drug-likeness (QED) is 0.372. The van der Waals surface area contributed by atoms with Crippen LogP contribution in [0.3, 0.4) is 0 Å². The normalized spacial score (nSPS) is 25.2. The van der Waals surface area contributed by atoms with Crippen molar-refractivity contribution < 1.29 is 28.4 Å². The molecule has 3 fully saturated rings. The van der Waals surface area contributed by atoms with E-state index in [9.17, 15) is 5.11 Å². The summed E-state index contributed by atoms with van der Waals surface area (Å²) in [6.45, 7) is 2.31. The number of halogens is 1. The highest BCUT2D eigenvalue weighted by molar-refractivity contribution is 5.81. The molecule has 0 radical (unpaired) electrons. The fraction of sp³-hybridized carbons (Fsp3) is 0.321. The minimum absolute atomic E-state index is 0.231. The largest absolute Gasteiger partial charge is 0.488 e. The molecule has 3 N–H and O–H groups in total. The lowest BCUT2D eigenvalue weighted by Crippen LogP contribution is -2.50. The zero-order valence-corrected chi connectivity index (χ0v) is 19.9. The predicted molar refractivity (Wildman–Crippen MR) is 134 cm³/mol. The molecule has 0 bridgehead atoms. The van der Waals surface area contributed by atoms with Gasteiger partial charge in [-0.1, -0.05) is 36.4 Å². The van der Waals surface area contributed by atoms with E-state index in [1.54, 1.807) is 6.07 Å². The van der Waals surface area contributed by atoms with E-state index in [1.165, 1.54) is 6.07 Å². The second-order valence-electron chi connectivity index (χ2n) is 9.70. The molecule has 0 aliphatic carbocycles. The van der Waals surface area contributed by atoms with E-state index < -0.39 is 11.9 Å². The highest BCUT2D eigenvalue weighted by atomic mass is 19.1. The van der Waals surface area contributed by atoms with Crippen molar-refractivity contribution in [3.8, 4) is 34.0 Å². The number of nitrogens with one attached hydrogen (secondary N) is 2. The molecule has 2 aromatic heterocycles. The zero-order chi connectivity index (χ0) is 24.9. The zero-order valence-electron chi connectivity index (χ0n) is 19.9. The number of aromatic nitrogens is 2. The first-order chi connectivity index (χ1) is 18.1. The molecule has 2 unspecified atom stereocenters. The number of benzene rings is 2. The molecule has 4 aromatic rings. The molecule has 3 aliphatic heterocycles. The number of hydrogen-bond donors (Lipinski definition) is 3. The SMILES string of the molecule is OC1CO[C@@H]2C(Oc3cc4nc(-c5ccc(-c6ccc(OC7CNC7)cc6)cc5)c(F)cc4[nH]3)CO[C@H]12. The summed E-state index contributed by atoms with van der Waals surface area (Å²) in [5, 5.41) is 13.1. The number of ether oxygens (including phenoxy) is 4. The van der Waals surface area contributed by atoms with Crippen molar-refractivity contribution in [3.63, 3.8) is 0 Å². The molecule has 0 spiro atoms. The van der Waals surface area contributed by atoms with Gasteiger partial charge in [0.2, 0.25) is 0 Å². The smallest absolute Gasteiger partial charge is 0.193 e. The summed E-state index contributed by atoms with van der Waals surface area (Å²) >= 11 is 0. The topological polar surface area (TPSA) is 97.9 Å². The fourth-order valence-electron chi connectivity index (χ4n) is 5.06. The molecule has 37 heavy (non-hydrogen) atoms. The van der Waals surface area contributed by atoms with E-state index in [0.29, 0.717) is 29.1 Å². The molecule has 8 nitrogen and oxygen atoms in total. The van der Waals surface area contributed by atoms with Crippen LogP contribution >= 0.6 is 0 Å². The number of aliphatic hydroxyl groups is 1. The Morgan fingerprint density at radius 2 is 1.57 bits per heavy atom. The van der Waals surface area contributed by atoms with Crippen molar-refractivity contribution in [2.24, 2.45) is 0 Å².